The zero-order valence-electron chi connectivity index (χ0n) is 22.7. The van der Waals surface area contributed by atoms with E-state index in [1.807, 2.05) is 49.5 Å². The number of carbonyl (C=O) groups excluding carboxylic acids is 1. The summed E-state index contributed by atoms with van der Waals surface area (Å²) in [4.78, 5) is 27.3. The number of anilines is 3. The minimum atomic E-state index is -0.278. The topological polar surface area (TPSA) is 119 Å². The fourth-order valence-corrected chi connectivity index (χ4v) is 4.75. The van der Waals surface area contributed by atoms with Crippen LogP contribution >= 0.6 is 0 Å². The number of nitrogens with one attached hydrogen (secondary N) is 2. The first-order valence-corrected chi connectivity index (χ1v) is 13.3. The van der Waals surface area contributed by atoms with Crippen molar-refractivity contribution in [2.45, 2.75) is 20.3 Å². The molecule has 0 spiro atoms. The lowest BCUT2D eigenvalue weighted by Crippen LogP contribution is -2.34. The van der Waals surface area contributed by atoms with Crippen molar-refractivity contribution in [3.05, 3.63) is 66.9 Å². The second kappa shape index (κ2) is 11.4. The zero-order chi connectivity index (χ0) is 28.2. The third-order valence-corrected chi connectivity index (χ3v) is 6.71. The number of pyridine rings is 1. The van der Waals surface area contributed by atoms with Crippen molar-refractivity contribution in [3.63, 3.8) is 0 Å². The number of amides is 1. The molecule has 6 rings (SSSR count). The molecule has 5 aromatic rings. The number of benzene rings is 2. The Hall–Kier alpha value is -5.37. The standard InChI is InChI=1S/C30H28N8O3/c1-3-5-29(39)31-9-12-37-10-4-13-40-27-17-24-23(16-25(27)37)30(34-18-32-24)36-21-6-7-26(20(2)14-21)41-22-8-11-38-28(15-22)33-19-35-38/h6-8,11,14-19H,4,9-10,12-13H2,1-2H3,(H,31,39)(H,32,34,36). The molecule has 0 saturated heterocycles. The molecule has 41 heavy (non-hydrogen) atoms. The van der Waals surface area contributed by atoms with Crippen LogP contribution < -0.4 is 25.0 Å². The van der Waals surface area contributed by atoms with Gasteiger partial charge in [0.1, 0.15) is 35.7 Å². The molecule has 0 unspecified atom stereocenters. The van der Waals surface area contributed by atoms with Gasteiger partial charge in [-0.15, -0.1) is 0 Å². The maximum Gasteiger partial charge on any atom is 0.295 e. The molecule has 3 aromatic heterocycles. The number of carbonyl (C=O) groups is 1. The molecule has 206 valence electrons. The molecular weight excluding hydrogens is 520 g/mol. The highest BCUT2D eigenvalue weighted by atomic mass is 16.5. The molecule has 0 bridgehead atoms. The van der Waals surface area contributed by atoms with Gasteiger partial charge in [0.05, 0.1) is 17.8 Å². The van der Waals surface area contributed by atoms with Crippen LogP contribution in [0.1, 0.15) is 18.9 Å². The quantitative estimate of drug-likeness (QED) is 0.288. The SMILES string of the molecule is CC#CC(=O)NCCN1CCCOc2cc3ncnc(Nc4ccc(Oc5ccn6ncnc6c5)c(C)c4)c3cc21. The van der Waals surface area contributed by atoms with Gasteiger partial charge in [0.2, 0.25) is 0 Å². The Morgan fingerprint density at radius 1 is 1.12 bits per heavy atom. The summed E-state index contributed by atoms with van der Waals surface area (Å²) in [6.45, 7) is 6.15. The Bertz CT molecular complexity index is 1810. The third kappa shape index (κ3) is 5.67. The summed E-state index contributed by atoms with van der Waals surface area (Å²) in [7, 11) is 0. The molecule has 0 radical (unpaired) electrons. The van der Waals surface area contributed by atoms with E-state index < -0.39 is 0 Å². The van der Waals surface area contributed by atoms with Gasteiger partial charge < -0.3 is 25.0 Å². The lowest BCUT2D eigenvalue weighted by atomic mass is 10.1. The molecule has 0 saturated carbocycles. The molecule has 1 aliphatic rings. The van der Waals surface area contributed by atoms with Crippen LogP contribution in [0.25, 0.3) is 16.6 Å². The molecule has 0 fully saturated rings. The number of aromatic nitrogens is 5. The van der Waals surface area contributed by atoms with Crippen LogP contribution in [0, 0.1) is 18.8 Å². The summed E-state index contributed by atoms with van der Waals surface area (Å²) in [5.41, 5.74) is 4.25. The van der Waals surface area contributed by atoms with Gasteiger partial charge in [-0.1, -0.05) is 5.92 Å². The zero-order valence-corrected chi connectivity index (χ0v) is 22.7. The Morgan fingerprint density at radius 2 is 2.05 bits per heavy atom. The number of nitrogens with zero attached hydrogens (tertiary/aromatic N) is 6. The average Bonchev–Trinajstić information content (AvgIpc) is 3.35. The second-order valence-electron chi connectivity index (χ2n) is 9.51. The second-order valence-corrected chi connectivity index (χ2v) is 9.51. The summed E-state index contributed by atoms with van der Waals surface area (Å²) >= 11 is 0. The molecule has 1 amide bonds. The Labute approximate surface area is 236 Å². The fourth-order valence-electron chi connectivity index (χ4n) is 4.75. The van der Waals surface area contributed by atoms with Gasteiger partial charge >= 0.3 is 0 Å². The molecule has 0 atom stereocenters. The summed E-state index contributed by atoms with van der Waals surface area (Å²) in [5, 5.41) is 11.3. The molecule has 2 N–H and O–H groups in total. The molecule has 11 heteroatoms. The number of aryl methyl sites for hydroxylation is 1. The predicted molar refractivity (Wildman–Crippen MR) is 156 cm³/mol. The van der Waals surface area contributed by atoms with Gasteiger partial charge in [-0.25, -0.2) is 19.5 Å². The average molecular weight is 549 g/mol. The van der Waals surface area contributed by atoms with Gasteiger partial charge in [0, 0.05) is 49.0 Å². The van der Waals surface area contributed by atoms with Crippen LogP contribution in [-0.4, -0.2) is 56.7 Å². The van der Waals surface area contributed by atoms with E-state index in [0.717, 1.165) is 52.3 Å². The van der Waals surface area contributed by atoms with Crippen LogP contribution in [0.4, 0.5) is 17.2 Å². The van der Waals surface area contributed by atoms with Crippen molar-refractivity contribution in [2.75, 3.05) is 36.5 Å². The lowest BCUT2D eigenvalue weighted by molar-refractivity contribution is -0.115. The van der Waals surface area contributed by atoms with E-state index in [0.29, 0.717) is 36.9 Å². The largest absolute Gasteiger partial charge is 0.491 e. The van der Waals surface area contributed by atoms with E-state index in [1.54, 1.807) is 17.8 Å². The molecule has 2 aromatic carbocycles. The minimum Gasteiger partial charge on any atom is -0.491 e. The van der Waals surface area contributed by atoms with Crippen LogP contribution in [0.2, 0.25) is 0 Å². The normalized spacial score (nSPS) is 12.6. The van der Waals surface area contributed by atoms with Crippen LogP contribution in [-0.2, 0) is 4.79 Å². The highest BCUT2D eigenvalue weighted by Crippen LogP contribution is 2.37. The Balaban J connectivity index is 1.24. The van der Waals surface area contributed by atoms with Crippen molar-refractivity contribution in [3.8, 4) is 29.1 Å². The van der Waals surface area contributed by atoms with E-state index >= 15 is 0 Å². The van der Waals surface area contributed by atoms with Crippen molar-refractivity contribution < 1.29 is 14.3 Å². The predicted octanol–water partition coefficient (Wildman–Crippen LogP) is 4.25. The summed E-state index contributed by atoms with van der Waals surface area (Å²) in [5.74, 6) is 7.72. The highest BCUT2D eigenvalue weighted by Gasteiger charge is 2.19. The van der Waals surface area contributed by atoms with Crippen molar-refractivity contribution in [1.82, 2.24) is 29.9 Å². The van der Waals surface area contributed by atoms with Gasteiger partial charge in [-0.3, -0.25) is 4.79 Å². The number of ether oxygens (including phenoxy) is 2. The van der Waals surface area contributed by atoms with Gasteiger partial charge in [0.25, 0.3) is 5.91 Å². The molecular formula is C30H28N8O3. The first-order valence-electron chi connectivity index (χ1n) is 13.3. The van der Waals surface area contributed by atoms with Crippen LogP contribution in [0.3, 0.4) is 0 Å². The van der Waals surface area contributed by atoms with Crippen LogP contribution in [0.15, 0.2) is 61.3 Å². The number of hydrogen-bond acceptors (Lipinski definition) is 9. The van der Waals surface area contributed by atoms with Gasteiger partial charge in [-0.05, 0) is 62.1 Å². The van der Waals surface area contributed by atoms with E-state index in [1.165, 1.54) is 6.33 Å². The third-order valence-electron chi connectivity index (χ3n) is 6.71. The maximum absolute atomic E-state index is 11.8. The Kier molecular flexibility index (Phi) is 7.19. The first-order chi connectivity index (χ1) is 20.1. The molecule has 1 aliphatic heterocycles. The fraction of sp³-hybridized carbons (Fsp3) is 0.233. The van der Waals surface area contributed by atoms with Crippen molar-refractivity contribution >= 4 is 39.6 Å². The molecule has 11 nitrogen and oxygen atoms in total. The Morgan fingerprint density at radius 3 is 2.93 bits per heavy atom. The first kappa shape index (κ1) is 25.9. The van der Waals surface area contributed by atoms with Crippen LogP contribution in [0.5, 0.6) is 17.2 Å². The van der Waals surface area contributed by atoms with Gasteiger partial charge in [-0.2, -0.15) is 5.10 Å². The minimum absolute atomic E-state index is 0.278. The molecule has 0 aliphatic carbocycles. The summed E-state index contributed by atoms with van der Waals surface area (Å²) in [6.07, 6.45) is 5.73. The van der Waals surface area contributed by atoms with E-state index in [2.05, 4.69) is 53.5 Å². The highest BCUT2D eigenvalue weighted by molar-refractivity contribution is 5.95. The number of fused-ring (bicyclic) bond motifs is 3. The maximum atomic E-state index is 11.8. The smallest absolute Gasteiger partial charge is 0.295 e. The monoisotopic (exact) mass is 548 g/mol. The summed E-state index contributed by atoms with van der Waals surface area (Å²) < 4.78 is 13.9. The molecule has 4 heterocycles. The summed E-state index contributed by atoms with van der Waals surface area (Å²) in [6, 6.07) is 13.6. The lowest BCUT2D eigenvalue weighted by Gasteiger charge is -2.24. The van der Waals surface area contributed by atoms with E-state index in [9.17, 15) is 4.79 Å². The van der Waals surface area contributed by atoms with Crippen molar-refractivity contribution in [2.24, 2.45) is 0 Å². The van der Waals surface area contributed by atoms with Crippen molar-refractivity contribution in [1.29, 1.82) is 0 Å². The van der Waals surface area contributed by atoms with E-state index in [4.69, 9.17) is 9.47 Å². The number of rotatable bonds is 7. The number of hydrogen-bond donors (Lipinski definition) is 2. The van der Waals surface area contributed by atoms with Gasteiger partial charge in [0.15, 0.2) is 5.65 Å². The van der Waals surface area contributed by atoms with E-state index in [-0.39, 0.29) is 5.91 Å².